The summed E-state index contributed by atoms with van der Waals surface area (Å²) in [6.07, 6.45) is 0.936. The molecule has 1 aromatic carbocycles. The monoisotopic (exact) mass is 404 g/mol. The molecule has 2 N–H and O–H groups in total. The van der Waals surface area contributed by atoms with Crippen LogP contribution in [0, 0.1) is 0 Å². The van der Waals surface area contributed by atoms with Crippen LogP contribution >= 0.6 is 0 Å². The number of nitrogens with one attached hydrogen (secondary N) is 2. The maximum Gasteiger partial charge on any atom is 0.257 e. The molecule has 2 rings (SSSR count). The van der Waals surface area contributed by atoms with Crippen molar-refractivity contribution in [3.05, 3.63) is 12.1 Å². The highest BCUT2D eigenvalue weighted by Gasteiger charge is 2.15. The quantitative estimate of drug-likeness (QED) is 0.394. The lowest BCUT2D eigenvalue weighted by Crippen LogP contribution is -3.14. The Morgan fingerprint density at radius 2 is 1.74 bits per heavy atom. The smallest absolute Gasteiger partial charge is 0.257 e. The minimum Gasteiger partial charge on any atom is -1.00 e. The average molecular weight is 405 g/mol. The Morgan fingerprint density at radius 3 is 2.30 bits per heavy atom. The van der Waals surface area contributed by atoms with Crippen molar-refractivity contribution in [3.8, 4) is 23.0 Å². The molecule has 1 heterocycles. The fraction of sp³-hybridized carbons (Fsp3) is 0.611. The van der Waals surface area contributed by atoms with Crippen molar-refractivity contribution in [2.24, 2.45) is 0 Å². The molecule has 0 atom stereocenters. The second-order valence-electron chi connectivity index (χ2n) is 5.97. The second-order valence-corrected chi connectivity index (χ2v) is 5.97. The Balaban J connectivity index is 0.00000364. The van der Waals surface area contributed by atoms with Crippen LogP contribution in [0.15, 0.2) is 12.1 Å². The van der Waals surface area contributed by atoms with Crippen molar-refractivity contribution < 1.29 is 45.8 Å². The summed E-state index contributed by atoms with van der Waals surface area (Å²) in [6.45, 7) is 5.34. The standard InChI is InChI=1S/C18H28N2O6.ClH/c1-22-15-11-14(12-16(23-2)18(15)24-3)26-13-17(21)19-5-4-6-20-7-9-25-10-8-20;/h11-12H,4-10,13H2,1-3H3,(H,19,21);1H. The molecule has 1 fully saturated rings. The number of quaternary nitrogens is 1. The van der Waals surface area contributed by atoms with E-state index >= 15 is 0 Å². The highest BCUT2D eigenvalue weighted by molar-refractivity contribution is 5.77. The Bertz CT molecular complexity index is 556. The molecule has 0 unspecified atom stereocenters. The number of carbonyl (C=O) groups is 1. The van der Waals surface area contributed by atoms with Crippen molar-refractivity contribution in [1.29, 1.82) is 0 Å². The van der Waals surface area contributed by atoms with Gasteiger partial charge >= 0.3 is 0 Å². The Labute approximate surface area is 166 Å². The number of benzene rings is 1. The molecule has 8 nitrogen and oxygen atoms in total. The molecule has 154 valence electrons. The third-order valence-electron chi connectivity index (χ3n) is 4.24. The molecule has 0 radical (unpaired) electrons. The zero-order chi connectivity index (χ0) is 18.8. The van der Waals surface area contributed by atoms with Gasteiger partial charge in [0.1, 0.15) is 18.8 Å². The second kappa shape index (κ2) is 12.5. The van der Waals surface area contributed by atoms with Crippen LogP contribution in [0.25, 0.3) is 0 Å². The lowest BCUT2D eigenvalue weighted by Gasteiger charge is -2.23. The lowest BCUT2D eigenvalue weighted by molar-refractivity contribution is -0.908. The number of rotatable bonds is 10. The van der Waals surface area contributed by atoms with E-state index in [1.54, 1.807) is 12.1 Å². The predicted octanol–water partition coefficient (Wildman–Crippen LogP) is -3.48. The third kappa shape index (κ3) is 7.32. The van der Waals surface area contributed by atoms with Crippen molar-refractivity contribution in [2.45, 2.75) is 6.42 Å². The Hall–Kier alpha value is -1.90. The zero-order valence-corrected chi connectivity index (χ0v) is 16.9. The first-order chi connectivity index (χ1) is 12.7. The topological polar surface area (TPSA) is 79.7 Å². The first-order valence-electron chi connectivity index (χ1n) is 8.78. The molecule has 1 aliphatic rings. The molecule has 9 heteroatoms. The highest BCUT2D eigenvalue weighted by Crippen LogP contribution is 2.40. The van der Waals surface area contributed by atoms with Crippen LogP contribution in [0.4, 0.5) is 0 Å². The fourth-order valence-electron chi connectivity index (χ4n) is 2.82. The van der Waals surface area contributed by atoms with Crippen LogP contribution in [0.5, 0.6) is 23.0 Å². The van der Waals surface area contributed by atoms with Gasteiger partial charge in [0, 0.05) is 25.1 Å². The number of halogens is 1. The van der Waals surface area contributed by atoms with Crippen LogP contribution in [0.1, 0.15) is 6.42 Å². The SMILES string of the molecule is COc1cc(OCC(=O)NCCC[NH+]2CCOCC2)cc(OC)c1OC.[Cl-]. The highest BCUT2D eigenvalue weighted by atomic mass is 35.5. The molecule has 0 spiro atoms. The summed E-state index contributed by atoms with van der Waals surface area (Å²) in [7, 11) is 4.60. The number of ether oxygens (including phenoxy) is 5. The van der Waals surface area contributed by atoms with Gasteiger partial charge in [-0.05, 0) is 0 Å². The van der Waals surface area contributed by atoms with Crippen molar-refractivity contribution in [1.82, 2.24) is 5.32 Å². The Kier molecular flexibility index (Phi) is 10.7. The van der Waals surface area contributed by atoms with E-state index in [-0.39, 0.29) is 24.9 Å². The summed E-state index contributed by atoms with van der Waals surface area (Å²) < 4.78 is 26.7. The number of hydrogen-bond donors (Lipinski definition) is 2. The van der Waals surface area contributed by atoms with Crippen LogP contribution < -0.4 is 41.6 Å². The lowest BCUT2D eigenvalue weighted by atomic mass is 10.2. The summed E-state index contributed by atoms with van der Waals surface area (Å²) in [5, 5.41) is 2.88. The van der Waals surface area contributed by atoms with Crippen molar-refractivity contribution in [3.63, 3.8) is 0 Å². The van der Waals surface area contributed by atoms with Crippen LogP contribution in [0.2, 0.25) is 0 Å². The number of hydrogen-bond acceptors (Lipinski definition) is 6. The molecule has 0 bridgehead atoms. The van der Waals surface area contributed by atoms with Gasteiger partial charge in [0.15, 0.2) is 18.1 Å². The van der Waals surface area contributed by atoms with Crippen molar-refractivity contribution >= 4 is 5.91 Å². The molecule has 0 aliphatic carbocycles. The molecule has 1 aliphatic heterocycles. The maximum absolute atomic E-state index is 11.9. The van der Waals surface area contributed by atoms with Gasteiger partial charge in [0.05, 0.1) is 41.1 Å². The number of carbonyl (C=O) groups excluding carboxylic acids is 1. The first-order valence-corrected chi connectivity index (χ1v) is 8.78. The largest absolute Gasteiger partial charge is 1.00 e. The summed E-state index contributed by atoms with van der Waals surface area (Å²) in [6, 6.07) is 3.33. The van der Waals surface area contributed by atoms with Crippen LogP contribution in [0.3, 0.4) is 0 Å². The normalized spacial score (nSPS) is 14.0. The van der Waals surface area contributed by atoms with E-state index in [1.807, 2.05) is 0 Å². The summed E-state index contributed by atoms with van der Waals surface area (Å²) in [4.78, 5) is 13.5. The minimum atomic E-state index is -0.157. The van der Waals surface area contributed by atoms with Gasteiger partial charge in [0.2, 0.25) is 5.75 Å². The van der Waals surface area contributed by atoms with Crippen LogP contribution in [-0.4, -0.2) is 73.2 Å². The molecule has 0 aromatic heterocycles. The van der Waals surface area contributed by atoms with Crippen molar-refractivity contribution in [2.75, 3.05) is 67.3 Å². The van der Waals surface area contributed by atoms with E-state index < -0.39 is 0 Å². The molecular weight excluding hydrogens is 376 g/mol. The molecule has 1 amide bonds. The van der Waals surface area contributed by atoms with E-state index in [2.05, 4.69) is 5.32 Å². The molecule has 0 saturated carbocycles. The number of amides is 1. The van der Waals surface area contributed by atoms with Gasteiger partial charge in [-0.15, -0.1) is 0 Å². The molecule has 1 saturated heterocycles. The van der Waals surface area contributed by atoms with E-state index in [9.17, 15) is 4.79 Å². The van der Waals surface area contributed by atoms with Gasteiger partial charge in [-0.3, -0.25) is 4.79 Å². The average Bonchev–Trinajstić information content (AvgIpc) is 2.69. The van der Waals surface area contributed by atoms with E-state index in [4.69, 9.17) is 23.7 Å². The third-order valence-corrected chi connectivity index (χ3v) is 4.24. The van der Waals surface area contributed by atoms with E-state index in [0.717, 1.165) is 39.3 Å². The summed E-state index contributed by atoms with van der Waals surface area (Å²) >= 11 is 0. The van der Waals surface area contributed by atoms with Crippen LogP contribution in [-0.2, 0) is 9.53 Å². The molecule has 27 heavy (non-hydrogen) atoms. The summed E-state index contributed by atoms with van der Waals surface area (Å²) in [5.41, 5.74) is 0. The summed E-state index contributed by atoms with van der Waals surface area (Å²) in [5.74, 6) is 1.77. The number of methoxy groups -OCH3 is 3. The maximum atomic E-state index is 11.9. The molecular formula is C18H29ClN2O6. The Morgan fingerprint density at radius 1 is 1.11 bits per heavy atom. The number of morpholine rings is 1. The van der Waals surface area contributed by atoms with Gasteiger partial charge in [-0.25, -0.2) is 0 Å². The molecule has 1 aromatic rings. The fourth-order valence-corrected chi connectivity index (χ4v) is 2.82. The van der Waals surface area contributed by atoms with Gasteiger partial charge in [-0.2, -0.15) is 0 Å². The first kappa shape index (κ1) is 23.1. The van der Waals surface area contributed by atoms with E-state index in [0.29, 0.717) is 29.5 Å². The predicted molar refractivity (Wildman–Crippen MR) is 95.6 cm³/mol. The van der Waals surface area contributed by atoms with E-state index in [1.165, 1.54) is 26.2 Å². The minimum absolute atomic E-state index is 0. The van der Waals surface area contributed by atoms with Gasteiger partial charge in [-0.1, -0.05) is 0 Å². The van der Waals surface area contributed by atoms with Gasteiger partial charge < -0.3 is 46.3 Å². The van der Waals surface area contributed by atoms with Gasteiger partial charge in [0.25, 0.3) is 5.91 Å². The zero-order valence-electron chi connectivity index (χ0n) is 16.1.